The molecule has 0 fully saturated rings. The number of benzene rings is 1. The molecule has 122 valence electrons. The number of aryl methyl sites for hydroxylation is 2. The van der Waals surface area contributed by atoms with Crippen LogP contribution in [0.3, 0.4) is 0 Å². The predicted molar refractivity (Wildman–Crippen MR) is 83.9 cm³/mol. The number of nitrogens with one attached hydrogen (secondary N) is 1. The molecule has 3 rings (SSSR count). The number of hydrogen-bond acceptors (Lipinski definition) is 4. The van der Waals surface area contributed by atoms with Crippen LogP contribution in [0.4, 0.5) is 0 Å². The van der Waals surface area contributed by atoms with Gasteiger partial charge in [-0.25, -0.2) is 13.6 Å². The van der Waals surface area contributed by atoms with Crippen molar-refractivity contribution in [3.05, 3.63) is 47.8 Å². The van der Waals surface area contributed by atoms with E-state index in [-0.39, 0.29) is 23.3 Å². The normalized spacial score (nSPS) is 17.0. The number of nitrogens with zero attached hydrogens (tertiary/aromatic N) is 2. The zero-order valence-electron chi connectivity index (χ0n) is 12.5. The molecule has 0 saturated carbocycles. The molecule has 0 radical (unpaired) electrons. The highest BCUT2D eigenvalue weighted by atomic mass is 32.2. The summed E-state index contributed by atoms with van der Waals surface area (Å²) < 4.78 is 23.8. The molecule has 1 aliphatic carbocycles. The number of nitrogens with two attached hydrogens (primary N) is 1. The van der Waals surface area contributed by atoms with Gasteiger partial charge in [0.05, 0.1) is 12.2 Å². The van der Waals surface area contributed by atoms with Crippen LogP contribution in [0.5, 0.6) is 0 Å². The summed E-state index contributed by atoms with van der Waals surface area (Å²) in [5.41, 5.74) is 2.46. The molecule has 1 aromatic heterocycles. The van der Waals surface area contributed by atoms with Crippen molar-refractivity contribution in [1.82, 2.24) is 15.1 Å². The Morgan fingerprint density at radius 3 is 2.91 bits per heavy atom. The first-order valence-electron chi connectivity index (χ1n) is 7.36. The summed E-state index contributed by atoms with van der Waals surface area (Å²) >= 11 is 0. The van der Waals surface area contributed by atoms with Crippen molar-refractivity contribution in [1.29, 1.82) is 0 Å². The molecule has 1 aromatic carbocycles. The summed E-state index contributed by atoms with van der Waals surface area (Å²) in [6.07, 6.45) is 4.61. The standard InChI is InChI=1S/C15H18N4O3S/c16-23(21,22)12-9-17-19(10-12)8-7-15(20)18-14-6-5-11-3-1-2-4-13(11)14/h1-4,9-10,14H,5-8H2,(H,18,20)(H2,16,21,22)/t14-/m0/s1. The van der Waals surface area contributed by atoms with Gasteiger partial charge in [-0.15, -0.1) is 0 Å². The number of aromatic nitrogens is 2. The van der Waals surface area contributed by atoms with Gasteiger partial charge in [0, 0.05) is 19.2 Å². The lowest BCUT2D eigenvalue weighted by atomic mass is 10.1. The minimum absolute atomic E-state index is 0.0521. The highest BCUT2D eigenvalue weighted by Gasteiger charge is 2.23. The second kappa shape index (κ2) is 6.13. The van der Waals surface area contributed by atoms with Crippen molar-refractivity contribution in [2.24, 2.45) is 5.14 Å². The lowest BCUT2D eigenvalue weighted by Crippen LogP contribution is -2.28. The van der Waals surface area contributed by atoms with Gasteiger partial charge in [-0.3, -0.25) is 9.48 Å². The van der Waals surface area contributed by atoms with E-state index in [1.807, 2.05) is 18.2 Å². The summed E-state index contributed by atoms with van der Waals surface area (Å²) in [7, 11) is -3.76. The van der Waals surface area contributed by atoms with Gasteiger partial charge in [0.25, 0.3) is 0 Å². The van der Waals surface area contributed by atoms with E-state index in [2.05, 4.69) is 16.5 Å². The number of carbonyl (C=O) groups is 1. The lowest BCUT2D eigenvalue weighted by molar-refractivity contribution is -0.122. The van der Waals surface area contributed by atoms with E-state index in [0.29, 0.717) is 6.54 Å². The van der Waals surface area contributed by atoms with Crippen molar-refractivity contribution in [3.63, 3.8) is 0 Å². The monoisotopic (exact) mass is 334 g/mol. The third-order valence-electron chi connectivity index (χ3n) is 3.97. The quantitative estimate of drug-likeness (QED) is 0.840. The Hall–Kier alpha value is -2.19. The summed E-state index contributed by atoms with van der Waals surface area (Å²) in [6.45, 7) is 0.301. The molecule has 8 heteroatoms. The van der Waals surface area contributed by atoms with Crippen molar-refractivity contribution < 1.29 is 13.2 Å². The van der Waals surface area contributed by atoms with Crippen LogP contribution in [0.2, 0.25) is 0 Å². The summed E-state index contributed by atoms with van der Waals surface area (Å²) in [4.78, 5) is 12.0. The topological polar surface area (TPSA) is 107 Å². The van der Waals surface area contributed by atoms with Crippen molar-refractivity contribution >= 4 is 15.9 Å². The molecule has 3 N–H and O–H groups in total. The molecule has 23 heavy (non-hydrogen) atoms. The Morgan fingerprint density at radius 2 is 2.17 bits per heavy atom. The van der Waals surface area contributed by atoms with Gasteiger partial charge in [0.1, 0.15) is 4.90 Å². The Balaban J connectivity index is 1.56. The summed E-state index contributed by atoms with van der Waals surface area (Å²) in [6, 6.07) is 8.15. The molecule has 1 amide bonds. The molecular formula is C15H18N4O3S. The van der Waals surface area contributed by atoms with Crippen molar-refractivity contribution in [2.75, 3.05) is 0 Å². The molecule has 7 nitrogen and oxygen atoms in total. The number of fused-ring (bicyclic) bond motifs is 1. The van der Waals surface area contributed by atoms with Crippen LogP contribution in [0.25, 0.3) is 0 Å². The van der Waals surface area contributed by atoms with Crippen LogP contribution in [-0.2, 0) is 27.8 Å². The molecule has 0 bridgehead atoms. The highest BCUT2D eigenvalue weighted by Crippen LogP contribution is 2.30. The average molecular weight is 334 g/mol. The number of rotatable bonds is 5. The van der Waals surface area contributed by atoms with E-state index in [4.69, 9.17) is 5.14 Å². The minimum atomic E-state index is -3.76. The van der Waals surface area contributed by atoms with Crippen LogP contribution in [-0.4, -0.2) is 24.1 Å². The highest BCUT2D eigenvalue weighted by molar-refractivity contribution is 7.89. The second-order valence-corrected chi connectivity index (χ2v) is 7.15. The fourth-order valence-electron chi connectivity index (χ4n) is 2.80. The fraction of sp³-hybridized carbons (Fsp3) is 0.333. The first-order valence-corrected chi connectivity index (χ1v) is 8.90. The zero-order chi connectivity index (χ0) is 16.4. The largest absolute Gasteiger partial charge is 0.349 e. The molecule has 1 atom stereocenters. The molecule has 1 aliphatic rings. The first-order chi connectivity index (χ1) is 10.9. The SMILES string of the molecule is NS(=O)(=O)c1cnn(CCC(=O)N[C@H]2CCc3ccccc32)c1. The summed E-state index contributed by atoms with van der Waals surface area (Å²) in [5, 5.41) is 11.9. The molecule has 2 aromatic rings. The summed E-state index contributed by atoms with van der Waals surface area (Å²) in [5.74, 6) is -0.0839. The molecule has 0 saturated heterocycles. The van der Waals surface area contributed by atoms with Crippen molar-refractivity contribution in [2.45, 2.75) is 36.7 Å². The zero-order valence-corrected chi connectivity index (χ0v) is 13.3. The Kier molecular flexibility index (Phi) is 4.18. The van der Waals surface area contributed by atoms with Crippen LogP contribution in [0.1, 0.15) is 30.0 Å². The van der Waals surface area contributed by atoms with Crippen LogP contribution >= 0.6 is 0 Å². The van der Waals surface area contributed by atoms with E-state index in [0.717, 1.165) is 12.8 Å². The molecule has 0 aliphatic heterocycles. The number of hydrogen-bond donors (Lipinski definition) is 2. The van der Waals surface area contributed by atoms with E-state index in [1.54, 1.807) is 0 Å². The maximum absolute atomic E-state index is 12.1. The molecule has 1 heterocycles. The maximum atomic E-state index is 12.1. The third kappa shape index (κ3) is 3.59. The van der Waals surface area contributed by atoms with Gasteiger partial charge in [0.2, 0.25) is 15.9 Å². The van der Waals surface area contributed by atoms with Gasteiger partial charge in [-0.1, -0.05) is 24.3 Å². The van der Waals surface area contributed by atoms with Gasteiger partial charge >= 0.3 is 0 Å². The van der Waals surface area contributed by atoms with E-state index in [1.165, 1.54) is 28.2 Å². The Labute approximate surface area is 134 Å². The van der Waals surface area contributed by atoms with Crippen LogP contribution in [0, 0.1) is 0 Å². The second-order valence-electron chi connectivity index (χ2n) is 5.59. The molecule has 0 unspecified atom stereocenters. The predicted octanol–water partition coefficient (Wildman–Crippen LogP) is 0.724. The minimum Gasteiger partial charge on any atom is -0.349 e. The first kappa shape index (κ1) is 15.7. The Morgan fingerprint density at radius 1 is 1.39 bits per heavy atom. The maximum Gasteiger partial charge on any atom is 0.241 e. The molecule has 0 spiro atoms. The van der Waals surface area contributed by atoms with Gasteiger partial charge < -0.3 is 5.32 Å². The number of primary sulfonamides is 1. The van der Waals surface area contributed by atoms with Crippen LogP contribution < -0.4 is 10.5 Å². The lowest BCUT2D eigenvalue weighted by Gasteiger charge is -2.14. The van der Waals surface area contributed by atoms with Crippen molar-refractivity contribution in [3.8, 4) is 0 Å². The van der Waals surface area contributed by atoms with E-state index < -0.39 is 10.0 Å². The van der Waals surface area contributed by atoms with E-state index >= 15 is 0 Å². The Bertz CT molecular complexity index is 829. The number of sulfonamides is 1. The number of amides is 1. The molecular weight excluding hydrogens is 316 g/mol. The third-order valence-corrected chi connectivity index (χ3v) is 4.84. The average Bonchev–Trinajstić information content (AvgIpc) is 3.12. The fourth-order valence-corrected chi connectivity index (χ4v) is 3.27. The van der Waals surface area contributed by atoms with Gasteiger partial charge in [0.15, 0.2) is 0 Å². The van der Waals surface area contributed by atoms with E-state index in [9.17, 15) is 13.2 Å². The smallest absolute Gasteiger partial charge is 0.241 e. The number of carbonyl (C=O) groups excluding carboxylic acids is 1. The van der Waals surface area contributed by atoms with Gasteiger partial charge in [-0.05, 0) is 24.0 Å². The van der Waals surface area contributed by atoms with Crippen LogP contribution in [0.15, 0.2) is 41.6 Å². The van der Waals surface area contributed by atoms with Gasteiger partial charge in [-0.2, -0.15) is 5.10 Å².